The first kappa shape index (κ1) is 17.2. The van der Waals surface area contributed by atoms with E-state index in [1.807, 2.05) is 41.5 Å². The fourth-order valence-electron chi connectivity index (χ4n) is 2.94. The lowest BCUT2D eigenvalue weighted by Crippen LogP contribution is -2.45. The molecular weight excluding hydrogens is 250 g/mol. The van der Waals surface area contributed by atoms with E-state index in [2.05, 4.69) is 0 Å². The van der Waals surface area contributed by atoms with Crippen molar-refractivity contribution >= 4 is 11.7 Å². The number of carbonyl (C=O) groups excluding carboxylic acids is 2. The van der Waals surface area contributed by atoms with E-state index in [1.165, 1.54) is 12.8 Å². The van der Waals surface area contributed by atoms with Gasteiger partial charge in [0.2, 0.25) is 5.91 Å². The minimum absolute atomic E-state index is 0.157. The highest BCUT2D eigenvalue weighted by Gasteiger charge is 2.44. The molecule has 1 fully saturated rings. The number of carbonyl (C=O) groups is 2. The Morgan fingerprint density at radius 2 is 1.60 bits per heavy atom. The van der Waals surface area contributed by atoms with E-state index < -0.39 is 5.41 Å². The van der Waals surface area contributed by atoms with Crippen molar-refractivity contribution in [1.82, 2.24) is 0 Å². The highest BCUT2D eigenvalue weighted by molar-refractivity contribution is 5.91. The van der Waals surface area contributed by atoms with Crippen molar-refractivity contribution in [2.24, 2.45) is 34.3 Å². The quantitative estimate of drug-likeness (QED) is 0.809. The number of Topliss-reactive ketones (excluding diaryl/α,β-unsaturated/α-hetero) is 1. The fourth-order valence-corrected chi connectivity index (χ4v) is 2.94. The molecular formula is C17H31NO2. The summed E-state index contributed by atoms with van der Waals surface area (Å²) in [5.41, 5.74) is 4.95. The number of hydrogen-bond donors (Lipinski definition) is 1. The number of hydrogen-bond acceptors (Lipinski definition) is 2. The van der Waals surface area contributed by atoms with E-state index in [-0.39, 0.29) is 28.9 Å². The van der Waals surface area contributed by atoms with Crippen LogP contribution in [0.2, 0.25) is 0 Å². The SMILES string of the molecule is CC(C)(C)C(=O)[C@@H]([C@H](CCC1CC1)C(N)=O)C(C)(C)C. The molecule has 3 nitrogen and oxygen atoms in total. The van der Waals surface area contributed by atoms with E-state index >= 15 is 0 Å². The van der Waals surface area contributed by atoms with Gasteiger partial charge in [0.05, 0.1) is 0 Å². The lowest BCUT2D eigenvalue weighted by molar-refractivity contribution is -0.142. The van der Waals surface area contributed by atoms with E-state index in [9.17, 15) is 9.59 Å². The minimum Gasteiger partial charge on any atom is -0.369 e. The summed E-state index contributed by atoms with van der Waals surface area (Å²) in [5.74, 6) is -0.0314. The van der Waals surface area contributed by atoms with Gasteiger partial charge in [-0.1, -0.05) is 54.4 Å². The van der Waals surface area contributed by atoms with Crippen LogP contribution in [0.1, 0.15) is 67.2 Å². The van der Waals surface area contributed by atoms with Gasteiger partial charge < -0.3 is 5.73 Å². The molecule has 1 aliphatic rings. The Labute approximate surface area is 123 Å². The van der Waals surface area contributed by atoms with Crippen molar-refractivity contribution in [3.05, 3.63) is 0 Å². The standard InChI is InChI=1S/C17H31NO2/c1-16(2,3)13(14(19)17(4,5)6)12(15(18)20)10-9-11-7-8-11/h11-13H,7-10H2,1-6H3,(H2,18,20)/t12-,13+/m0/s1. The Morgan fingerprint density at radius 1 is 1.10 bits per heavy atom. The molecule has 0 unspecified atom stereocenters. The number of nitrogens with two attached hydrogens (primary N) is 1. The topological polar surface area (TPSA) is 60.2 Å². The smallest absolute Gasteiger partial charge is 0.221 e. The Balaban J connectivity index is 2.97. The molecule has 0 saturated heterocycles. The van der Waals surface area contributed by atoms with Crippen molar-refractivity contribution in [2.45, 2.75) is 67.2 Å². The number of ketones is 1. The van der Waals surface area contributed by atoms with Crippen LogP contribution in [-0.2, 0) is 9.59 Å². The van der Waals surface area contributed by atoms with E-state index in [4.69, 9.17) is 5.73 Å². The van der Waals surface area contributed by atoms with Crippen LogP contribution in [0, 0.1) is 28.6 Å². The zero-order valence-electron chi connectivity index (χ0n) is 14.0. The predicted molar refractivity (Wildman–Crippen MR) is 82.0 cm³/mol. The van der Waals surface area contributed by atoms with Gasteiger partial charge in [0.1, 0.15) is 5.78 Å². The van der Waals surface area contributed by atoms with Crippen LogP contribution >= 0.6 is 0 Å². The van der Waals surface area contributed by atoms with Crippen LogP contribution in [0.15, 0.2) is 0 Å². The summed E-state index contributed by atoms with van der Waals surface area (Å²) in [6, 6.07) is 0. The molecule has 116 valence electrons. The molecule has 0 spiro atoms. The molecule has 2 N–H and O–H groups in total. The van der Waals surface area contributed by atoms with Gasteiger partial charge in [-0.3, -0.25) is 9.59 Å². The summed E-state index contributed by atoms with van der Waals surface area (Å²) in [6.07, 6.45) is 4.30. The van der Waals surface area contributed by atoms with E-state index in [0.29, 0.717) is 0 Å². The molecule has 0 bridgehead atoms. The summed E-state index contributed by atoms with van der Waals surface area (Å²) in [6.45, 7) is 11.9. The number of rotatable bonds is 6. The fraction of sp³-hybridized carbons (Fsp3) is 0.882. The molecule has 1 rings (SSSR count). The normalized spacial score (nSPS) is 19.5. The predicted octanol–water partition coefficient (Wildman–Crippen LogP) is 3.56. The summed E-state index contributed by atoms with van der Waals surface area (Å²) in [4.78, 5) is 24.7. The third-order valence-corrected chi connectivity index (χ3v) is 4.31. The molecule has 0 aliphatic heterocycles. The van der Waals surface area contributed by atoms with Crippen molar-refractivity contribution < 1.29 is 9.59 Å². The molecule has 0 radical (unpaired) electrons. The lowest BCUT2D eigenvalue weighted by atomic mass is 9.64. The average Bonchev–Trinajstić information content (AvgIpc) is 3.03. The zero-order chi connectivity index (χ0) is 15.7. The van der Waals surface area contributed by atoms with Gasteiger partial charge >= 0.3 is 0 Å². The third-order valence-electron chi connectivity index (χ3n) is 4.31. The summed E-state index contributed by atoms with van der Waals surface area (Å²) in [7, 11) is 0. The van der Waals surface area contributed by atoms with Gasteiger partial charge in [-0.05, 0) is 24.2 Å². The average molecular weight is 281 g/mol. The molecule has 1 saturated carbocycles. The van der Waals surface area contributed by atoms with E-state index in [1.54, 1.807) is 0 Å². The van der Waals surface area contributed by atoms with Crippen LogP contribution in [0.5, 0.6) is 0 Å². The summed E-state index contributed by atoms with van der Waals surface area (Å²) < 4.78 is 0. The maximum atomic E-state index is 12.8. The second-order valence-electron chi connectivity index (χ2n) is 8.49. The molecule has 0 aromatic rings. The first-order chi connectivity index (χ1) is 8.94. The van der Waals surface area contributed by atoms with Crippen LogP contribution in [-0.4, -0.2) is 11.7 Å². The Kier molecular flexibility index (Phi) is 5.04. The molecule has 1 amide bonds. The van der Waals surface area contributed by atoms with Gasteiger partial charge in [-0.25, -0.2) is 0 Å². The minimum atomic E-state index is -0.439. The van der Waals surface area contributed by atoms with Crippen molar-refractivity contribution in [2.75, 3.05) is 0 Å². The number of primary amides is 1. The zero-order valence-corrected chi connectivity index (χ0v) is 14.0. The molecule has 3 heteroatoms. The van der Waals surface area contributed by atoms with Crippen molar-refractivity contribution in [3.63, 3.8) is 0 Å². The van der Waals surface area contributed by atoms with Crippen LogP contribution < -0.4 is 5.73 Å². The van der Waals surface area contributed by atoms with Crippen molar-refractivity contribution in [3.8, 4) is 0 Å². The Morgan fingerprint density at radius 3 is 1.90 bits per heavy atom. The van der Waals surface area contributed by atoms with Gasteiger partial charge in [-0.15, -0.1) is 0 Å². The molecule has 0 aromatic carbocycles. The molecule has 20 heavy (non-hydrogen) atoms. The number of amides is 1. The summed E-state index contributed by atoms with van der Waals surface area (Å²) >= 11 is 0. The lowest BCUT2D eigenvalue weighted by Gasteiger charge is -2.38. The van der Waals surface area contributed by atoms with Crippen LogP contribution in [0.3, 0.4) is 0 Å². The second-order valence-corrected chi connectivity index (χ2v) is 8.49. The Hall–Kier alpha value is -0.860. The highest BCUT2D eigenvalue weighted by Crippen LogP contribution is 2.42. The van der Waals surface area contributed by atoms with Crippen LogP contribution in [0.4, 0.5) is 0 Å². The van der Waals surface area contributed by atoms with E-state index in [0.717, 1.165) is 18.8 Å². The summed E-state index contributed by atoms with van der Waals surface area (Å²) in [5, 5.41) is 0. The van der Waals surface area contributed by atoms with Gasteiger partial charge in [0.15, 0.2) is 0 Å². The molecule has 0 aromatic heterocycles. The maximum Gasteiger partial charge on any atom is 0.221 e. The first-order valence-corrected chi connectivity index (χ1v) is 7.78. The highest BCUT2D eigenvalue weighted by atomic mass is 16.1. The van der Waals surface area contributed by atoms with Crippen LogP contribution in [0.25, 0.3) is 0 Å². The van der Waals surface area contributed by atoms with Gasteiger partial charge in [-0.2, -0.15) is 0 Å². The maximum absolute atomic E-state index is 12.8. The third kappa shape index (κ3) is 4.60. The van der Waals surface area contributed by atoms with Crippen molar-refractivity contribution in [1.29, 1.82) is 0 Å². The van der Waals surface area contributed by atoms with Gasteiger partial charge in [0, 0.05) is 17.3 Å². The Bertz CT molecular complexity index is 369. The molecule has 0 heterocycles. The van der Waals surface area contributed by atoms with Gasteiger partial charge in [0.25, 0.3) is 0 Å². The monoisotopic (exact) mass is 281 g/mol. The second kappa shape index (κ2) is 5.87. The largest absolute Gasteiger partial charge is 0.369 e. The molecule has 1 aliphatic carbocycles. The molecule has 2 atom stereocenters. The first-order valence-electron chi connectivity index (χ1n) is 7.78.